The molecule has 1 atom stereocenters. The first kappa shape index (κ1) is 16.7. The molecule has 3 rings (SSSR count). The van der Waals surface area contributed by atoms with Crippen LogP contribution in [0.2, 0.25) is 0 Å². The minimum Gasteiger partial charge on any atom is -0.390 e. The van der Waals surface area contributed by atoms with Gasteiger partial charge in [-0.25, -0.2) is 0 Å². The van der Waals surface area contributed by atoms with Gasteiger partial charge >= 0.3 is 0 Å². The summed E-state index contributed by atoms with van der Waals surface area (Å²) in [6, 6.07) is 7.94. The lowest BCUT2D eigenvalue weighted by Crippen LogP contribution is -2.41. The average molecular weight is 329 g/mol. The Labute approximate surface area is 141 Å². The number of rotatable bonds is 6. The predicted octanol–water partition coefficient (Wildman–Crippen LogP) is 0.833. The van der Waals surface area contributed by atoms with Gasteiger partial charge in [0.1, 0.15) is 0 Å². The van der Waals surface area contributed by atoms with Crippen molar-refractivity contribution < 1.29 is 14.6 Å². The van der Waals surface area contributed by atoms with Gasteiger partial charge in [-0.2, -0.15) is 0 Å². The van der Waals surface area contributed by atoms with Crippen molar-refractivity contribution in [2.24, 2.45) is 5.73 Å². The first-order chi connectivity index (χ1) is 11.6. The summed E-state index contributed by atoms with van der Waals surface area (Å²) < 4.78 is 7.36. The van der Waals surface area contributed by atoms with Crippen molar-refractivity contribution >= 4 is 22.9 Å². The Morgan fingerprint density at radius 1 is 1.29 bits per heavy atom. The molecule has 0 spiro atoms. The van der Waals surface area contributed by atoms with Gasteiger partial charge in [0, 0.05) is 54.9 Å². The van der Waals surface area contributed by atoms with Gasteiger partial charge in [0.2, 0.25) is 5.91 Å². The molecule has 3 N–H and O–H groups in total. The Balaban J connectivity index is 1.77. The first-order valence-electron chi connectivity index (χ1n) is 8.17. The number of carbonyl (C=O) groups is 1. The zero-order valence-corrected chi connectivity index (χ0v) is 13.6. The van der Waals surface area contributed by atoms with E-state index in [2.05, 4.69) is 4.90 Å². The number of β-amino-alcohol motifs (C(OH)–C–C–N with tert-alkyl or cyclic N) is 1. The van der Waals surface area contributed by atoms with Crippen LogP contribution in [0.4, 0.5) is 0 Å². The number of para-hydroxylation sites is 1. The Morgan fingerprint density at radius 3 is 2.79 bits per heavy atom. The number of ether oxygens (including phenoxy) is 1. The third-order valence-electron chi connectivity index (χ3n) is 4.23. The number of hydrogen-bond acceptors (Lipinski definition) is 4. The van der Waals surface area contributed by atoms with Crippen molar-refractivity contribution in [3.05, 3.63) is 42.1 Å². The number of hydrogen-bond donors (Lipinski definition) is 2. The molecule has 0 bridgehead atoms. The van der Waals surface area contributed by atoms with Crippen LogP contribution in [0.1, 0.15) is 5.56 Å². The number of carbonyl (C=O) groups excluding carboxylic acids is 1. The van der Waals surface area contributed by atoms with E-state index >= 15 is 0 Å². The summed E-state index contributed by atoms with van der Waals surface area (Å²) in [6.45, 7) is 4.29. The van der Waals surface area contributed by atoms with Crippen molar-refractivity contribution in [1.29, 1.82) is 0 Å². The molecule has 2 heterocycles. The van der Waals surface area contributed by atoms with Crippen molar-refractivity contribution in [1.82, 2.24) is 9.47 Å². The van der Waals surface area contributed by atoms with Gasteiger partial charge in [-0.1, -0.05) is 18.2 Å². The van der Waals surface area contributed by atoms with E-state index < -0.39 is 12.0 Å². The zero-order valence-electron chi connectivity index (χ0n) is 13.6. The van der Waals surface area contributed by atoms with Crippen LogP contribution >= 0.6 is 0 Å². The number of fused-ring (bicyclic) bond motifs is 1. The number of aliphatic hydroxyl groups is 1. The van der Waals surface area contributed by atoms with Crippen LogP contribution in [0, 0.1) is 0 Å². The van der Waals surface area contributed by atoms with Gasteiger partial charge in [-0.05, 0) is 12.1 Å². The number of nitrogens with zero attached hydrogens (tertiary/aromatic N) is 2. The summed E-state index contributed by atoms with van der Waals surface area (Å²) in [5.41, 5.74) is 7.14. The molecule has 2 aromatic rings. The van der Waals surface area contributed by atoms with E-state index in [0.29, 0.717) is 13.1 Å². The lowest BCUT2D eigenvalue weighted by Gasteiger charge is -2.28. The maximum Gasteiger partial charge on any atom is 0.241 e. The molecule has 1 unspecified atom stereocenters. The molecule has 0 aliphatic carbocycles. The fraction of sp³-hybridized carbons (Fsp3) is 0.389. The second kappa shape index (κ2) is 7.61. The Kier molecular flexibility index (Phi) is 5.30. The van der Waals surface area contributed by atoms with E-state index in [1.807, 2.05) is 35.0 Å². The van der Waals surface area contributed by atoms with Crippen LogP contribution in [0.25, 0.3) is 17.0 Å². The van der Waals surface area contributed by atoms with Crippen molar-refractivity contribution in [3.8, 4) is 0 Å². The Hall–Kier alpha value is -2.15. The van der Waals surface area contributed by atoms with Crippen LogP contribution in [0.3, 0.4) is 0 Å². The van der Waals surface area contributed by atoms with Crippen LogP contribution in [0.15, 0.2) is 36.5 Å². The van der Waals surface area contributed by atoms with Gasteiger partial charge in [-0.3, -0.25) is 9.69 Å². The smallest absolute Gasteiger partial charge is 0.241 e. The lowest BCUT2D eigenvalue weighted by molar-refractivity contribution is -0.113. The number of amides is 1. The third-order valence-corrected chi connectivity index (χ3v) is 4.23. The number of primary amides is 1. The minimum atomic E-state index is -0.473. The predicted molar refractivity (Wildman–Crippen MR) is 93.4 cm³/mol. The zero-order chi connectivity index (χ0) is 16.9. The molecule has 1 aliphatic heterocycles. The van der Waals surface area contributed by atoms with Gasteiger partial charge in [0.05, 0.1) is 19.3 Å². The van der Waals surface area contributed by atoms with Gasteiger partial charge < -0.3 is 20.1 Å². The Bertz CT molecular complexity index is 732. The fourth-order valence-electron chi connectivity index (χ4n) is 3.10. The largest absolute Gasteiger partial charge is 0.390 e. The molecule has 0 saturated carbocycles. The Morgan fingerprint density at radius 2 is 2.04 bits per heavy atom. The maximum absolute atomic E-state index is 11.0. The van der Waals surface area contributed by atoms with Crippen LogP contribution in [-0.4, -0.2) is 59.4 Å². The summed E-state index contributed by atoms with van der Waals surface area (Å²) in [5, 5.41) is 11.5. The summed E-state index contributed by atoms with van der Waals surface area (Å²) >= 11 is 0. The summed E-state index contributed by atoms with van der Waals surface area (Å²) in [5.74, 6) is -0.473. The number of aliphatic hydroxyl groups excluding tert-OH is 1. The SMILES string of the molecule is NC(=O)/C=C\c1cn(CC(O)CN2CCOCC2)c2ccccc12. The van der Waals surface area contributed by atoms with Gasteiger partial charge in [0.15, 0.2) is 0 Å². The van der Waals surface area contributed by atoms with Crippen molar-refractivity contribution in [2.45, 2.75) is 12.6 Å². The molecule has 6 nitrogen and oxygen atoms in total. The highest BCUT2D eigenvalue weighted by Crippen LogP contribution is 2.23. The van der Waals surface area contributed by atoms with E-state index in [1.165, 1.54) is 6.08 Å². The third kappa shape index (κ3) is 4.03. The van der Waals surface area contributed by atoms with Crippen LogP contribution in [-0.2, 0) is 16.1 Å². The first-order valence-corrected chi connectivity index (χ1v) is 8.17. The number of aromatic nitrogens is 1. The topological polar surface area (TPSA) is 80.7 Å². The summed E-state index contributed by atoms with van der Waals surface area (Å²) in [7, 11) is 0. The highest BCUT2D eigenvalue weighted by Gasteiger charge is 2.16. The molecule has 0 radical (unpaired) electrons. The van der Waals surface area contributed by atoms with Crippen molar-refractivity contribution in [2.75, 3.05) is 32.8 Å². The molecule has 1 amide bonds. The van der Waals surface area contributed by atoms with Gasteiger partial charge in [0.25, 0.3) is 0 Å². The van der Waals surface area contributed by atoms with Gasteiger partial charge in [-0.15, -0.1) is 0 Å². The monoisotopic (exact) mass is 329 g/mol. The number of morpholine rings is 1. The van der Waals surface area contributed by atoms with E-state index in [1.54, 1.807) is 6.08 Å². The maximum atomic E-state index is 11.0. The molecule has 1 aliphatic rings. The standard InChI is InChI=1S/C18H23N3O3/c19-18(23)6-5-14-11-21(17-4-2-1-3-16(14)17)13-15(22)12-20-7-9-24-10-8-20/h1-6,11,15,22H,7-10,12-13H2,(H2,19,23)/b6-5-. The second-order valence-electron chi connectivity index (χ2n) is 6.06. The van der Waals surface area contributed by atoms with Crippen LogP contribution < -0.4 is 5.73 Å². The molecule has 24 heavy (non-hydrogen) atoms. The van der Waals surface area contributed by atoms with E-state index in [-0.39, 0.29) is 0 Å². The molecule has 1 aromatic carbocycles. The summed E-state index contributed by atoms with van der Waals surface area (Å²) in [4.78, 5) is 13.2. The molecule has 6 heteroatoms. The second-order valence-corrected chi connectivity index (χ2v) is 6.06. The fourth-order valence-corrected chi connectivity index (χ4v) is 3.10. The highest BCUT2D eigenvalue weighted by molar-refractivity contribution is 5.95. The van der Waals surface area contributed by atoms with E-state index in [9.17, 15) is 9.90 Å². The molecule has 1 fully saturated rings. The van der Waals surface area contributed by atoms with E-state index in [4.69, 9.17) is 10.5 Å². The van der Waals surface area contributed by atoms with Crippen LogP contribution in [0.5, 0.6) is 0 Å². The molecular weight excluding hydrogens is 306 g/mol. The highest BCUT2D eigenvalue weighted by atomic mass is 16.5. The quantitative estimate of drug-likeness (QED) is 0.770. The summed E-state index contributed by atoms with van der Waals surface area (Å²) in [6.07, 6.45) is 4.56. The molecule has 128 valence electrons. The van der Waals surface area contributed by atoms with Crippen molar-refractivity contribution in [3.63, 3.8) is 0 Å². The average Bonchev–Trinajstić information content (AvgIpc) is 2.92. The number of benzene rings is 1. The minimum absolute atomic E-state index is 0.466. The number of nitrogens with two attached hydrogens (primary N) is 1. The lowest BCUT2D eigenvalue weighted by atomic mass is 10.1. The molecule has 1 aromatic heterocycles. The molecular formula is C18H23N3O3. The molecule has 1 saturated heterocycles. The van der Waals surface area contributed by atoms with E-state index in [0.717, 1.165) is 42.8 Å². The normalized spacial score (nSPS) is 17.5.